The highest BCUT2D eigenvalue weighted by atomic mass is 16.2. The molecule has 3 rings (SSSR count). The van der Waals surface area contributed by atoms with E-state index in [9.17, 15) is 14.4 Å². The summed E-state index contributed by atoms with van der Waals surface area (Å²) in [5.74, 6) is 0.634. The van der Waals surface area contributed by atoms with Crippen molar-refractivity contribution in [2.24, 2.45) is 11.8 Å². The van der Waals surface area contributed by atoms with Gasteiger partial charge in [-0.2, -0.15) is 0 Å². The first-order chi connectivity index (χ1) is 12.5. The summed E-state index contributed by atoms with van der Waals surface area (Å²) in [5, 5.41) is 3.27. The fourth-order valence-corrected chi connectivity index (χ4v) is 4.27. The number of carbonyl (C=O) groups is 3. The maximum atomic E-state index is 12.7. The number of amides is 1. The molecule has 0 saturated carbocycles. The van der Waals surface area contributed by atoms with Crippen LogP contribution in [0.15, 0.2) is 18.2 Å². The van der Waals surface area contributed by atoms with Gasteiger partial charge in [0.05, 0.1) is 0 Å². The summed E-state index contributed by atoms with van der Waals surface area (Å²) in [5.41, 5.74) is 2.70. The van der Waals surface area contributed by atoms with E-state index < -0.39 is 0 Å². The number of hydrogen-bond donors (Lipinski definition) is 1. The van der Waals surface area contributed by atoms with E-state index in [0.29, 0.717) is 12.0 Å². The molecule has 2 heterocycles. The van der Waals surface area contributed by atoms with Crippen molar-refractivity contribution in [1.82, 2.24) is 5.32 Å². The van der Waals surface area contributed by atoms with Crippen molar-refractivity contribution in [2.45, 2.75) is 46.0 Å². The zero-order valence-electron chi connectivity index (χ0n) is 15.7. The van der Waals surface area contributed by atoms with Gasteiger partial charge in [0, 0.05) is 43.6 Å². The van der Waals surface area contributed by atoms with Crippen LogP contribution in [0, 0.1) is 11.8 Å². The van der Waals surface area contributed by atoms with E-state index >= 15 is 0 Å². The highest BCUT2D eigenvalue weighted by Crippen LogP contribution is 2.30. The molecule has 5 heteroatoms. The number of piperidine rings is 1. The second-order valence-corrected chi connectivity index (χ2v) is 7.55. The van der Waals surface area contributed by atoms with E-state index in [1.54, 1.807) is 18.7 Å². The van der Waals surface area contributed by atoms with Crippen molar-refractivity contribution >= 4 is 23.2 Å². The smallest absolute Gasteiger partial charge is 0.223 e. The molecule has 2 unspecified atom stereocenters. The summed E-state index contributed by atoms with van der Waals surface area (Å²) in [4.78, 5) is 38.2. The van der Waals surface area contributed by atoms with Crippen molar-refractivity contribution in [1.29, 1.82) is 0 Å². The molecule has 1 amide bonds. The van der Waals surface area contributed by atoms with Gasteiger partial charge in [0.15, 0.2) is 5.78 Å². The van der Waals surface area contributed by atoms with E-state index in [1.807, 2.05) is 18.2 Å². The van der Waals surface area contributed by atoms with Crippen LogP contribution < -0.4 is 10.2 Å². The maximum Gasteiger partial charge on any atom is 0.223 e. The minimum absolute atomic E-state index is 0.0216. The van der Waals surface area contributed by atoms with Gasteiger partial charge in [0.2, 0.25) is 5.91 Å². The fraction of sp³-hybridized carbons (Fsp3) is 0.571. The third-order valence-corrected chi connectivity index (χ3v) is 5.80. The van der Waals surface area contributed by atoms with Gasteiger partial charge < -0.3 is 10.2 Å². The van der Waals surface area contributed by atoms with Gasteiger partial charge in [-0.3, -0.25) is 14.4 Å². The molecule has 0 bridgehead atoms. The van der Waals surface area contributed by atoms with E-state index in [1.165, 1.54) is 0 Å². The summed E-state index contributed by atoms with van der Waals surface area (Å²) in [6.45, 7) is 5.57. The molecule has 2 atom stereocenters. The second kappa shape index (κ2) is 8.12. The Kier molecular flexibility index (Phi) is 5.87. The Morgan fingerprint density at radius 2 is 2.04 bits per heavy atom. The molecule has 2 aliphatic rings. The minimum Gasteiger partial charge on any atom is -0.316 e. The Balaban J connectivity index is 1.69. The number of carbonyl (C=O) groups excluding carboxylic acids is 3. The van der Waals surface area contributed by atoms with E-state index in [-0.39, 0.29) is 29.3 Å². The van der Waals surface area contributed by atoms with Gasteiger partial charge >= 0.3 is 0 Å². The van der Waals surface area contributed by atoms with E-state index in [4.69, 9.17) is 0 Å². The zero-order valence-corrected chi connectivity index (χ0v) is 15.7. The Labute approximate surface area is 155 Å². The number of nitrogens with zero attached hydrogens (tertiary/aromatic N) is 1. The van der Waals surface area contributed by atoms with Gasteiger partial charge in [-0.1, -0.05) is 12.1 Å². The first-order valence-corrected chi connectivity index (χ1v) is 9.62. The number of anilines is 1. The topological polar surface area (TPSA) is 66.5 Å². The van der Waals surface area contributed by atoms with Crippen molar-refractivity contribution in [3.63, 3.8) is 0 Å². The van der Waals surface area contributed by atoms with Crippen molar-refractivity contribution < 1.29 is 14.4 Å². The lowest BCUT2D eigenvalue weighted by atomic mass is 9.80. The lowest BCUT2D eigenvalue weighted by molar-refractivity contribution is -0.123. The molecule has 0 radical (unpaired) electrons. The number of hydrogen-bond acceptors (Lipinski definition) is 4. The highest BCUT2D eigenvalue weighted by Gasteiger charge is 2.29. The Morgan fingerprint density at radius 3 is 2.77 bits per heavy atom. The second-order valence-electron chi connectivity index (χ2n) is 7.55. The standard InChI is InChI=1S/C21H28N2O3/c1-14(24)19-13-22-10-9-16(19)7-8-21(26)18-6-5-17-4-3-11-23(15(2)25)20(17)12-18/h5-6,12,16,19,22H,3-4,7-11,13H2,1-2H3. The molecule has 26 heavy (non-hydrogen) atoms. The zero-order chi connectivity index (χ0) is 18.7. The Bertz CT molecular complexity index is 713. The summed E-state index contributed by atoms with van der Waals surface area (Å²) >= 11 is 0. The summed E-state index contributed by atoms with van der Waals surface area (Å²) in [6, 6.07) is 5.75. The molecule has 1 aromatic rings. The van der Waals surface area contributed by atoms with Crippen molar-refractivity contribution in [3.8, 4) is 0 Å². The monoisotopic (exact) mass is 356 g/mol. The summed E-state index contributed by atoms with van der Waals surface area (Å²) in [6.07, 6.45) is 4.05. The molecule has 0 aliphatic carbocycles. The molecule has 1 N–H and O–H groups in total. The van der Waals surface area contributed by atoms with Gasteiger partial charge in [0.1, 0.15) is 5.78 Å². The molecule has 0 aromatic heterocycles. The number of benzene rings is 1. The van der Waals surface area contributed by atoms with Crippen LogP contribution in [0.5, 0.6) is 0 Å². The third-order valence-electron chi connectivity index (χ3n) is 5.80. The number of ketones is 2. The normalized spacial score (nSPS) is 22.6. The first-order valence-electron chi connectivity index (χ1n) is 9.62. The van der Waals surface area contributed by atoms with Crippen LogP contribution in [-0.2, 0) is 16.0 Å². The Morgan fingerprint density at radius 1 is 1.23 bits per heavy atom. The van der Waals surface area contributed by atoms with Crippen LogP contribution in [-0.4, -0.2) is 37.1 Å². The number of Topliss-reactive ketones (excluding diaryl/α,β-unsaturated/α-hetero) is 2. The number of aryl methyl sites for hydroxylation is 1. The fourth-order valence-electron chi connectivity index (χ4n) is 4.27. The van der Waals surface area contributed by atoms with Crippen LogP contribution in [0.3, 0.4) is 0 Å². The predicted octanol–water partition coefficient (Wildman–Crippen LogP) is 2.76. The van der Waals surface area contributed by atoms with E-state index in [0.717, 1.165) is 56.6 Å². The molecule has 1 fully saturated rings. The predicted molar refractivity (Wildman–Crippen MR) is 102 cm³/mol. The number of rotatable bonds is 5. The minimum atomic E-state index is 0.0216. The van der Waals surface area contributed by atoms with Crippen molar-refractivity contribution in [2.75, 3.05) is 24.5 Å². The molecule has 1 aromatic carbocycles. The van der Waals surface area contributed by atoms with Crippen LogP contribution >= 0.6 is 0 Å². The average Bonchev–Trinajstić information content (AvgIpc) is 2.65. The average molecular weight is 356 g/mol. The van der Waals surface area contributed by atoms with Gasteiger partial charge in [-0.25, -0.2) is 0 Å². The SMILES string of the molecule is CC(=O)C1CNCCC1CCC(=O)c1ccc2c(c1)N(C(C)=O)CCC2. The van der Waals surface area contributed by atoms with Crippen LogP contribution in [0.2, 0.25) is 0 Å². The molecular formula is C21H28N2O3. The molecule has 140 valence electrons. The number of nitrogens with one attached hydrogen (secondary N) is 1. The molecule has 0 spiro atoms. The molecule has 1 saturated heterocycles. The van der Waals surface area contributed by atoms with E-state index in [2.05, 4.69) is 5.32 Å². The molecule has 5 nitrogen and oxygen atoms in total. The van der Waals surface area contributed by atoms with Crippen molar-refractivity contribution in [3.05, 3.63) is 29.3 Å². The van der Waals surface area contributed by atoms with Gasteiger partial charge in [-0.15, -0.1) is 0 Å². The van der Waals surface area contributed by atoms with Crippen LogP contribution in [0.4, 0.5) is 5.69 Å². The number of fused-ring (bicyclic) bond motifs is 1. The largest absolute Gasteiger partial charge is 0.316 e. The molecule has 2 aliphatic heterocycles. The summed E-state index contributed by atoms with van der Waals surface area (Å²) in [7, 11) is 0. The van der Waals surface area contributed by atoms with Gasteiger partial charge in [-0.05, 0) is 56.7 Å². The quantitative estimate of drug-likeness (QED) is 0.824. The maximum absolute atomic E-state index is 12.7. The molecular weight excluding hydrogens is 328 g/mol. The van der Waals surface area contributed by atoms with Crippen LogP contribution in [0.25, 0.3) is 0 Å². The lowest BCUT2D eigenvalue weighted by Gasteiger charge is -2.30. The van der Waals surface area contributed by atoms with Gasteiger partial charge in [0.25, 0.3) is 0 Å². The summed E-state index contributed by atoms with van der Waals surface area (Å²) < 4.78 is 0. The highest BCUT2D eigenvalue weighted by molar-refractivity contribution is 5.99. The third kappa shape index (κ3) is 4.04. The van der Waals surface area contributed by atoms with Crippen LogP contribution in [0.1, 0.15) is 55.5 Å². The Hall–Kier alpha value is -2.01. The lowest BCUT2D eigenvalue weighted by Crippen LogP contribution is -2.40. The first kappa shape index (κ1) is 18.8.